The molecule has 0 saturated carbocycles. The Bertz CT molecular complexity index is 513. The number of benzene rings is 1. The maximum atomic E-state index is 12.5. The Balaban J connectivity index is 1.69. The summed E-state index contributed by atoms with van der Waals surface area (Å²) in [6.07, 6.45) is 4.79. The Kier molecular flexibility index (Phi) is 4.51. The molecular formula is C17H23ClN2O. The number of nitrogens with zero attached hydrogens (tertiary/aromatic N) is 2. The molecule has 1 amide bonds. The number of carbonyl (C=O) groups is 1. The molecule has 114 valence electrons. The molecule has 0 unspecified atom stereocenters. The van der Waals surface area contributed by atoms with Crippen molar-refractivity contribution in [1.82, 2.24) is 9.80 Å². The van der Waals surface area contributed by atoms with Crippen LogP contribution in [0, 0.1) is 5.92 Å². The minimum absolute atomic E-state index is 0.136. The third kappa shape index (κ3) is 3.24. The van der Waals surface area contributed by atoms with E-state index < -0.39 is 0 Å². The molecule has 2 saturated heterocycles. The van der Waals surface area contributed by atoms with Crippen LogP contribution in [-0.4, -0.2) is 42.4 Å². The molecule has 0 radical (unpaired) electrons. The number of hydrogen-bond acceptors (Lipinski definition) is 2. The first-order valence-electron chi connectivity index (χ1n) is 7.89. The second-order valence-electron chi connectivity index (χ2n) is 6.31. The van der Waals surface area contributed by atoms with Gasteiger partial charge in [0.05, 0.1) is 12.0 Å². The van der Waals surface area contributed by atoms with Gasteiger partial charge in [-0.15, -0.1) is 0 Å². The standard InChI is InChI=1S/C17H23ClN2O/c1-19-16(13-6-5-7-15(18)10-13)11-14(17(19)21)12-20-8-3-2-4-9-20/h5-7,10,14,16H,2-4,8-9,11-12H2,1H3/t14-,16+/m1/s1. The molecular weight excluding hydrogens is 284 g/mol. The largest absolute Gasteiger partial charge is 0.338 e. The molecule has 0 bridgehead atoms. The maximum Gasteiger partial charge on any atom is 0.227 e. The minimum Gasteiger partial charge on any atom is -0.338 e. The molecule has 3 nitrogen and oxygen atoms in total. The Labute approximate surface area is 131 Å². The third-order valence-electron chi connectivity index (χ3n) is 4.83. The fourth-order valence-corrected chi connectivity index (χ4v) is 3.85. The first-order valence-corrected chi connectivity index (χ1v) is 8.27. The van der Waals surface area contributed by atoms with Crippen molar-refractivity contribution < 1.29 is 4.79 Å². The zero-order valence-electron chi connectivity index (χ0n) is 12.6. The summed E-state index contributed by atoms with van der Waals surface area (Å²) >= 11 is 6.09. The van der Waals surface area contributed by atoms with Gasteiger partial charge >= 0.3 is 0 Å². The molecule has 0 aliphatic carbocycles. The normalized spacial score (nSPS) is 27.3. The van der Waals surface area contributed by atoms with Gasteiger partial charge in [0.25, 0.3) is 0 Å². The van der Waals surface area contributed by atoms with Crippen molar-refractivity contribution in [2.45, 2.75) is 31.7 Å². The van der Waals surface area contributed by atoms with Crippen LogP contribution in [0.25, 0.3) is 0 Å². The zero-order valence-corrected chi connectivity index (χ0v) is 13.4. The Morgan fingerprint density at radius 1 is 1.24 bits per heavy atom. The monoisotopic (exact) mass is 306 g/mol. The second kappa shape index (κ2) is 6.37. The number of halogens is 1. The summed E-state index contributed by atoms with van der Waals surface area (Å²) in [7, 11) is 1.92. The Morgan fingerprint density at radius 2 is 2.00 bits per heavy atom. The summed E-state index contributed by atoms with van der Waals surface area (Å²) in [5.41, 5.74) is 1.15. The second-order valence-corrected chi connectivity index (χ2v) is 6.75. The molecule has 4 heteroatoms. The molecule has 0 spiro atoms. The first kappa shape index (κ1) is 14.9. The Hall–Kier alpha value is -1.06. The van der Waals surface area contributed by atoms with Gasteiger partial charge in [0.15, 0.2) is 0 Å². The molecule has 2 aliphatic rings. The summed E-state index contributed by atoms with van der Waals surface area (Å²) in [6.45, 7) is 3.21. The van der Waals surface area contributed by atoms with Gasteiger partial charge in [-0.3, -0.25) is 4.79 Å². The third-order valence-corrected chi connectivity index (χ3v) is 5.07. The van der Waals surface area contributed by atoms with E-state index in [4.69, 9.17) is 11.6 Å². The van der Waals surface area contributed by atoms with Gasteiger partial charge in [0, 0.05) is 18.6 Å². The van der Waals surface area contributed by atoms with Crippen LogP contribution in [0.4, 0.5) is 0 Å². The predicted octanol–water partition coefficient (Wildman–Crippen LogP) is 3.35. The van der Waals surface area contributed by atoms with E-state index in [2.05, 4.69) is 11.0 Å². The number of amides is 1. The maximum absolute atomic E-state index is 12.5. The van der Waals surface area contributed by atoms with E-state index in [1.807, 2.05) is 30.1 Å². The van der Waals surface area contributed by atoms with E-state index in [0.717, 1.165) is 36.6 Å². The topological polar surface area (TPSA) is 23.6 Å². The van der Waals surface area contributed by atoms with Crippen LogP contribution >= 0.6 is 11.6 Å². The van der Waals surface area contributed by atoms with Gasteiger partial charge < -0.3 is 9.80 Å². The number of hydrogen-bond donors (Lipinski definition) is 0. The number of rotatable bonds is 3. The highest BCUT2D eigenvalue weighted by Crippen LogP contribution is 2.36. The van der Waals surface area contributed by atoms with Crippen LogP contribution in [0.3, 0.4) is 0 Å². The highest BCUT2D eigenvalue weighted by atomic mass is 35.5. The van der Waals surface area contributed by atoms with Crippen LogP contribution in [0.5, 0.6) is 0 Å². The average Bonchev–Trinajstić information content (AvgIpc) is 2.77. The van der Waals surface area contributed by atoms with Gasteiger partial charge in [0.1, 0.15) is 0 Å². The molecule has 21 heavy (non-hydrogen) atoms. The van der Waals surface area contributed by atoms with Gasteiger partial charge in [-0.25, -0.2) is 0 Å². The van der Waals surface area contributed by atoms with Crippen LogP contribution in [-0.2, 0) is 4.79 Å². The molecule has 2 aliphatic heterocycles. The van der Waals surface area contributed by atoms with E-state index in [1.165, 1.54) is 19.3 Å². The number of likely N-dealkylation sites (tertiary alicyclic amines) is 2. The van der Waals surface area contributed by atoms with Crippen LogP contribution in [0.2, 0.25) is 5.02 Å². The lowest BCUT2D eigenvalue weighted by molar-refractivity contribution is -0.131. The fourth-order valence-electron chi connectivity index (χ4n) is 3.65. The van der Waals surface area contributed by atoms with Crippen molar-refractivity contribution >= 4 is 17.5 Å². The first-order chi connectivity index (χ1) is 10.1. The van der Waals surface area contributed by atoms with Crippen molar-refractivity contribution in [2.24, 2.45) is 5.92 Å². The van der Waals surface area contributed by atoms with Gasteiger partial charge in [-0.1, -0.05) is 30.2 Å². The molecule has 2 atom stereocenters. The van der Waals surface area contributed by atoms with Crippen molar-refractivity contribution in [3.8, 4) is 0 Å². The lowest BCUT2D eigenvalue weighted by Crippen LogP contribution is -2.36. The van der Waals surface area contributed by atoms with Crippen molar-refractivity contribution in [1.29, 1.82) is 0 Å². The quantitative estimate of drug-likeness (QED) is 0.855. The minimum atomic E-state index is 0.136. The van der Waals surface area contributed by atoms with Crippen molar-refractivity contribution in [3.63, 3.8) is 0 Å². The smallest absolute Gasteiger partial charge is 0.227 e. The summed E-state index contributed by atoms with van der Waals surface area (Å²) in [5, 5.41) is 0.743. The molecule has 3 rings (SSSR count). The number of carbonyl (C=O) groups excluding carboxylic acids is 1. The number of piperidine rings is 1. The fraction of sp³-hybridized carbons (Fsp3) is 0.588. The van der Waals surface area contributed by atoms with Gasteiger partial charge in [-0.05, 0) is 50.0 Å². The van der Waals surface area contributed by atoms with E-state index >= 15 is 0 Å². The average molecular weight is 307 g/mol. The molecule has 1 aromatic rings. The van der Waals surface area contributed by atoms with Crippen molar-refractivity contribution in [2.75, 3.05) is 26.7 Å². The van der Waals surface area contributed by atoms with Gasteiger partial charge in [0.2, 0.25) is 5.91 Å². The molecule has 0 aromatic heterocycles. The zero-order chi connectivity index (χ0) is 14.8. The van der Waals surface area contributed by atoms with Crippen LogP contribution in [0.1, 0.15) is 37.3 Å². The Morgan fingerprint density at radius 3 is 2.71 bits per heavy atom. The summed E-state index contributed by atoms with van der Waals surface area (Å²) < 4.78 is 0. The summed E-state index contributed by atoms with van der Waals surface area (Å²) in [5.74, 6) is 0.419. The van der Waals surface area contributed by atoms with Gasteiger partial charge in [-0.2, -0.15) is 0 Å². The molecule has 1 aromatic carbocycles. The summed E-state index contributed by atoms with van der Waals surface area (Å²) in [4.78, 5) is 16.9. The molecule has 0 N–H and O–H groups in total. The van der Waals surface area contributed by atoms with E-state index in [-0.39, 0.29) is 17.9 Å². The predicted molar refractivity (Wildman–Crippen MR) is 85.4 cm³/mol. The van der Waals surface area contributed by atoms with E-state index in [9.17, 15) is 4.79 Å². The van der Waals surface area contributed by atoms with Crippen LogP contribution in [0.15, 0.2) is 24.3 Å². The van der Waals surface area contributed by atoms with E-state index in [1.54, 1.807) is 0 Å². The lowest BCUT2D eigenvalue weighted by atomic mass is 9.98. The molecule has 2 heterocycles. The summed E-state index contributed by atoms with van der Waals surface area (Å²) in [6, 6.07) is 8.08. The SMILES string of the molecule is CN1C(=O)[C@@H](CN2CCCCC2)C[C@H]1c1cccc(Cl)c1. The van der Waals surface area contributed by atoms with Crippen molar-refractivity contribution in [3.05, 3.63) is 34.9 Å². The van der Waals surface area contributed by atoms with Crippen LogP contribution < -0.4 is 0 Å². The highest BCUT2D eigenvalue weighted by molar-refractivity contribution is 6.30. The lowest BCUT2D eigenvalue weighted by Gasteiger charge is -2.28. The van der Waals surface area contributed by atoms with E-state index in [0.29, 0.717) is 0 Å². The highest BCUT2D eigenvalue weighted by Gasteiger charge is 2.38. The molecule has 2 fully saturated rings.